The first-order valence-electron chi connectivity index (χ1n) is 9.58. The molecule has 0 fully saturated rings. The topological polar surface area (TPSA) is 86.2 Å². The van der Waals surface area contributed by atoms with Gasteiger partial charge in [-0.3, -0.25) is 14.7 Å². The zero-order chi connectivity index (χ0) is 20.8. The number of aromatic nitrogens is 3. The van der Waals surface area contributed by atoms with Crippen molar-refractivity contribution in [2.45, 2.75) is 12.3 Å². The Morgan fingerprint density at radius 1 is 1.13 bits per heavy atom. The van der Waals surface area contributed by atoms with Crippen molar-refractivity contribution in [1.29, 1.82) is 0 Å². The number of methoxy groups -OCH3 is 1. The van der Waals surface area contributed by atoms with Crippen LogP contribution in [0.1, 0.15) is 23.5 Å². The van der Waals surface area contributed by atoms with E-state index in [2.05, 4.69) is 10.2 Å². The third-order valence-electron chi connectivity index (χ3n) is 5.65. The molecule has 7 heteroatoms. The molecule has 7 nitrogen and oxygen atoms in total. The number of rotatable bonds is 3. The van der Waals surface area contributed by atoms with Gasteiger partial charge in [0.25, 0.3) is 5.56 Å². The Labute approximate surface area is 171 Å². The maximum absolute atomic E-state index is 13.3. The summed E-state index contributed by atoms with van der Waals surface area (Å²) in [6.45, 7) is 0. The molecule has 1 unspecified atom stereocenters. The number of nitrogens with one attached hydrogen (secondary N) is 1. The van der Waals surface area contributed by atoms with Gasteiger partial charge < -0.3 is 14.0 Å². The number of aromatic amines is 1. The first kappa shape index (κ1) is 18.2. The number of benzene rings is 2. The van der Waals surface area contributed by atoms with Crippen LogP contribution in [0, 0.1) is 0 Å². The molecule has 1 N–H and O–H groups in total. The molecular formula is C23H19N3O4. The molecule has 0 aliphatic carbocycles. The van der Waals surface area contributed by atoms with Gasteiger partial charge in [-0.25, -0.2) is 0 Å². The van der Waals surface area contributed by atoms with Crippen LogP contribution in [0.4, 0.5) is 0 Å². The minimum atomic E-state index is -0.458. The summed E-state index contributed by atoms with van der Waals surface area (Å²) in [6, 6.07) is 15.0. The van der Waals surface area contributed by atoms with Gasteiger partial charge in [-0.15, -0.1) is 0 Å². The largest absolute Gasteiger partial charge is 0.497 e. The Morgan fingerprint density at radius 2 is 1.90 bits per heavy atom. The fourth-order valence-corrected chi connectivity index (χ4v) is 4.15. The number of carbonyl (C=O) groups is 1. The van der Waals surface area contributed by atoms with Crippen molar-refractivity contribution in [2.24, 2.45) is 7.05 Å². The second-order valence-electron chi connectivity index (χ2n) is 7.28. The molecule has 1 aliphatic rings. The Balaban J connectivity index is 1.73. The second kappa shape index (κ2) is 6.88. The van der Waals surface area contributed by atoms with Gasteiger partial charge in [0.1, 0.15) is 11.5 Å². The van der Waals surface area contributed by atoms with Crippen LogP contribution in [-0.4, -0.2) is 27.8 Å². The molecule has 4 aromatic rings. The van der Waals surface area contributed by atoms with E-state index < -0.39 is 5.92 Å². The maximum atomic E-state index is 13.3. The minimum absolute atomic E-state index is 0.0727. The van der Waals surface area contributed by atoms with E-state index in [4.69, 9.17) is 9.47 Å². The molecule has 0 bridgehead atoms. The normalized spacial score (nSPS) is 15.7. The average Bonchev–Trinajstić information content (AvgIpc) is 3.27. The molecular weight excluding hydrogens is 382 g/mol. The zero-order valence-corrected chi connectivity index (χ0v) is 16.5. The number of esters is 1. The lowest BCUT2D eigenvalue weighted by molar-refractivity contribution is -0.135. The van der Waals surface area contributed by atoms with Gasteiger partial charge in [0, 0.05) is 29.5 Å². The van der Waals surface area contributed by atoms with E-state index >= 15 is 0 Å². The predicted molar refractivity (Wildman–Crippen MR) is 112 cm³/mol. The van der Waals surface area contributed by atoms with Gasteiger partial charge in [0.05, 0.1) is 36.5 Å². The number of fused-ring (bicyclic) bond motifs is 3. The fraction of sp³-hybridized carbons (Fsp3) is 0.174. The molecule has 0 amide bonds. The van der Waals surface area contributed by atoms with Crippen LogP contribution in [0.5, 0.6) is 11.5 Å². The summed E-state index contributed by atoms with van der Waals surface area (Å²) in [6.07, 6.45) is 1.75. The average molecular weight is 401 g/mol. The van der Waals surface area contributed by atoms with Crippen LogP contribution in [0.2, 0.25) is 0 Å². The van der Waals surface area contributed by atoms with Crippen LogP contribution in [-0.2, 0) is 11.8 Å². The molecule has 1 atom stereocenters. The summed E-state index contributed by atoms with van der Waals surface area (Å²) in [5.74, 6) is 0.261. The van der Waals surface area contributed by atoms with Crippen molar-refractivity contribution in [3.63, 3.8) is 0 Å². The van der Waals surface area contributed by atoms with E-state index in [1.54, 1.807) is 24.9 Å². The van der Waals surface area contributed by atoms with E-state index in [0.717, 1.165) is 33.5 Å². The van der Waals surface area contributed by atoms with Crippen molar-refractivity contribution >= 4 is 16.9 Å². The highest BCUT2D eigenvalue weighted by Crippen LogP contribution is 2.42. The Bertz CT molecular complexity index is 1340. The molecule has 0 saturated carbocycles. The maximum Gasteiger partial charge on any atom is 0.312 e. The number of H-pyrrole nitrogens is 1. The minimum Gasteiger partial charge on any atom is -0.497 e. The Hall–Kier alpha value is -3.87. The molecule has 0 saturated heterocycles. The first-order valence-corrected chi connectivity index (χ1v) is 9.58. The van der Waals surface area contributed by atoms with E-state index in [9.17, 15) is 9.59 Å². The van der Waals surface area contributed by atoms with Gasteiger partial charge in [-0.2, -0.15) is 5.10 Å². The highest BCUT2D eigenvalue weighted by atomic mass is 16.5. The summed E-state index contributed by atoms with van der Waals surface area (Å²) in [5, 5.41) is 7.97. The predicted octanol–water partition coefficient (Wildman–Crippen LogP) is 3.38. The quantitative estimate of drug-likeness (QED) is 0.532. The van der Waals surface area contributed by atoms with Gasteiger partial charge in [-0.05, 0) is 36.4 Å². The van der Waals surface area contributed by atoms with Crippen LogP contribution in [0.3, 0.4) is 0 Å². The van der Waals surface area contributed by atoms with E-state index in [0.29, 0.717) is 11.3 Å². The van der Waals surface area contributed by atoms with Gasteiger partial charge in [-0.1, -0.05) is 12.1 Å². The van der Waals surface area contributed by atoms with E-state index in [-0.39, 0.29) is 17.9 Å². The molecule has 1 aliphatic heterocycles. The number of para-hydroxylation sites is 1. The van der Waals surface area contributed by atoms with Crippen molar-refractivity contribution in [1.82, 2.24) is 14.8 Å². The second-order valence-corrected chi connectivity index (χ2v) is 7.28. The summed E-state index contributed by atoms with van der Waals surface area (Å²) in [4.78, 5) is 25.8. The molecule has 0 radical (unpaired) electrons. The molecule has 150 valence electrons. The molecule has 5 rings (SSSR count). The van der Waals surface area contributed by atoms with Gasteiger partial charge in [0.15, 0.2) is 0 Å². The van der Waals surface area contributed by atoms with E-state index in [1.807, 2.05) is 48.5 Å². The SMILES string of the molecule is COc1ccc(-c2[nH]ncc2C2CC(=O)Oc3c2c(=O)n(C)c2ccccc32)cc1. The number of carbonyl (C=O) groups excluding carboxylic acids is 1. The summed E-state index contributed by atoms with van der Waals surface area (Å²) < 4.78 is 12.4. The lowest BCUT2D eigenvalue weighted by atomic mass is 9.85. The van der Waals surface area contributed by atoms with Gasteiger partial charge >= 0.3 is 5.97 Å². The lowest BCUT2D eigenvalue weighted by Gasteiger charge is -2.26. The third kappa shape index (κ3) is 2.70. The lowest BCUT2D eigenvalue weighted by Crippen LogP contribution is -2.31. The molecule has 30 heavy (non-hydrogen) atoms. The molecule has 2 aromatic heterocycles. The first-order chi connectivity index (χ1) is 14.6. The number of aryl methyl sites for hydroxylation is 1. The molecule has 3 heterocycles. The standard InChI is InChI=1S/C23H19N3O4/c1-26-18-6-4-3-5-15(18)22-20(23(26)28)16(11-19(27)30-22)17-12-24-25-21(17)13-7-9-14(29-2)10-8-13/h3-10,12,16H,11H2,1-2H3,(H,24,25). The zero-order valence-electron chi connectivity index (χ0n) is 16.5. The summed E-state index contributed by atoms with van der Waals surface area (Å²) in [7, 11) is 3.35. The number of pyridine rings is 1. The van der Waals surface area contributed by atoms with Crippen molar-refractivity contribution in [2.75, 3.05) is 7.11 Å². The van der Waals surface area contributed by atoms with Crippen LogP contribution >= 0.6 is 0 Å². The highest BCUT2D eigenvalue weighted by Gasteiger charge is 2.35. The third-order valence-corrected chi connectivity index (χ3v) is 5.65. The van der Waals surface area contributed by atoms with Gasteiger partial charge in [0.2, 0.25) is 0 Å². The number of ether oxygens (including phenoxy) is 2. The number of hydrogen-bond donors (Lipinski definition) is 1. The van der Waals surface area contributed by atoms with Crippen molar-refractivity contribution in [3.05, 3.63) is 76.2 Å². The van der Waals surface area contributed by atoms with Crippen LogP contribution in [0.25, 0.3) is 22.2 Å². The summed E-state index contributed by atoms with van der Waals surface area (Å²) >= 11 is 0. The Kier molecular flexibility index (Phi) is 4.17. The summed E-state index contributed by atoms with van der Waals surface area (Å²) in [5.41, 5.74) is 3.46. The van der Waals surface area contributed by atoms with Crippen molar-refractivity contribution in [3.8, 4) is 22.8 Å². The Morgan fingerprint density at radius 3 is 2.67 bits per heavy atom. The number of nitrogens with zero attached hydrogens (tertiary/aromatic N) is 2. The van der Waals surface area contributed by atoms with E-state index in [1.165, 1.54) is 0 Å². The monoisotopic (exact) mass is 401 g/mol. The van der Waals surface area contributed by atoms with Crippen molar-refractivity contribution < 1.29 is 14.3 Å². The smallest absolute Gasteiger partial charge is 0.312 e. The number of hydrogen-bond acceptors (Lipinski definition) is 5. The fourth-order valence-electron chi connectivity index (χ4n) is 4.15. The van der Waals surface area contributed by atoms with Crippen LogP contribution < -0.4 is 15.0 Å². The van der Waals surface area contributed by atoms with Crippen LogP contribution in [0.15, 0.2) is 59.5 Å². The molecule has 0 spiro atoms. The molecule has 2 aromatic carbocycles. The highest BCUT2D eigenvalue weighted by molar-refractivity contribution is 5.92.